The number of benzene rings is 18. The number of aryl methyl sites for hydroxylation is 2. The van der Waals surface area contributed by atoms with E-state index in [1.165, 1.54) is 236 Å². The van der Waals surface area contributed by atoms with Crippen LogP contribution in [0.3, 0.4) is 0 Å². The van der Waals surface area contributed by atoms with Gasteiger partial charge in [0.25, 0.3) is 0 Å². The summed E-state index contributed by atoms with van der Waals surface area (Å²) in [6, 6.07) is 84.9. The van der Waals surface area contributed by atoms with Crippen LogP contribution in [-0.4, -0.2) is 0 Å². The van der Waals surface area contributed by atoms with Crippen molar-refractivity contribution < 1.29 is 0 Å². The first-order chi connectivity index (χ1) is 41.5. The van der Waals surface area contributed by atoms with Gasteiger partial charge in [-0.2, -0.15) is 0 Å². The topological polar surface area (TPSA) is 0 Å². The Kier molecular flexibility index (Phi) is 7.70. The van der Waals surface area contributed by atoms with Gasteiger partial charge >= 0.3 is 0 Å². The average molecular weight is 1090 g/mol. The molecule has 2 heterocycles. The van der Waals surface area contributed by atoms with Crippen LogP contribution in [0.15, 0.2) is 218 Å². The van der Waals surface area contributed by atoms with Crippen molar-refractivity contribution in [3.05, 3.63) is 230 Å². The molecule has 0 nitrogen and oxygen atoms in total. The Labute approximate surface area is 487 Å². The van der Waals surface area contributed by atoms with Crippen molar-refractivity contribution in [3.63, 3.8) is 0 Å². The van der Waals surface area contributed by atoms with E-state index < -0.39 is 0 Å². The number of fused-ring (bicyclic) bond motifs is 24. The largest absolute Gasteiger partial charge is 0.134 e. The van der Waals surface area contributed by atoms with Crippen molar-refractivity contribution in [1.82, 2.24) is 0 Å². The van der Waals surface area contributed by atoms with Crippen LogP contribution < -0.4 is 0 Å². The second-order valence-corrected chi connectivity index (χ2v) is 26.4. The van der Waals surface area contributed by atoms with Gasteiger partial charge in [0.1, 0.15) is 0 Å². The molecule has 0 bridgehead atoms. The maximum absolute atomic E-state index is 2.63. The molecule has 0 unspecified atom stereocenters. The fourth-order valence-electron chi connectivity index (χ4n) is 17.2. The van der Waals surface area contributed by atoms with Gasteiger partial charge in [0.15, 0.2) is 0 Å². The minimum absolute atomic E-state index is 1.29. The zero-order chi connectivity index (χ0) is 54.3. The van der Waals surface area contributed by atoms with E-state index in [1.807, 2.05) is 22.7 Å². The minimum atomic E-state index is 1.29. The van der Waals surface area contributed by atoms with Crippen molar-refractivity contribution >= 4 is 192 Å². The molecule has 0 atom stereocenters. The lowest BCUT2D eigenvalue weighted by Gasteiger charge is -2.20. The molecule has 0 fully saturated rings. The maximum atomic E-state index is 2.63. The molecule has 2 aromatic heterocycles. The Morgan fingerprint density at radius 1 is 0.190 bits per heavy atom. The zero-order valence-corrected chi connectivity index (χ0v) is 47.2. The number of hydrogen-bond donors (Lipinski definition) is 0. The van der Waals surface area contributed by atoms with E-state index in [0.717, 1.165) is 0 Å². The summed E-state index contributed by atoms with van der Waals surface area (Å²) in [5.41, 5.74) is 16.1. The fourth-order valence-corrected chi connectivity index (χ4v) is 20.1. The summed E-state index contributed by atoms with van der Waals surface area (Å²) < 4.78 is 5.56. The van der Waals surface area contributed by atoms with Gasteiger partial charge in [0.05, 0.1) is 0 Å². The maximum Gasteiger partial charge on any atom is 0.0447 e. The molecule has 18 aromatic carbocycles. The molecule has 2 aliphatic rings. The highest BCUT2D eigenvalue weighted by atomic mass is 32.1. The number of hydrogen-bond acceptors (Lipinski definition) is 2. The van der Waals surface area contributed by atoms with Gasteiger partial charge in [-0.05, 0) is 225 Å². The average Bonchev–Trinajstić information content (AvgIpc) is 2.12. The standard InChI is InChI=1S/C82H42S2/c1-39-47-29-25-41-13-3-9-19-51(41)73(47)81-75-59(39)37-61(65-35-45-27-31-55-63-33-43-15-5-7-17-49(43)53-21-11-23-57(69(53)63)71(55)67(45)79(83-81)77(65)75)62-38-60-40(2)48-30-26-42-14-4-10-20-52(42)74(48)82-76(60)78-66(62)36-46-28-32-56-64-34-44-16-6-8-18-50(44)54-22-12-24-58(70(54)64)72(56)68(46)80(78)84-82/h3-38H,1-2H3. The van der Waals surface area contributed by atoms with Crippen molar-refractivity contribution in [3.8, 4) is 55.6 Å². The van der Waals surface area contributed by atoms with E-state index in [-0.39, 0.29) is 0 Å². The van der Waals surface area contributed by atoms with Crippen LogP contribution in [0.1, 0.15) is 11.1 Å². The normalized spacial score (nSPS) is 13.1. The van der Waals surface area contributed by atoms with Gasteiger partial charge < -0.3 is 0 Å². The highest BCUT2D eigenvalue weighted by Gasteiger charge is 2.33. The predicted molar refractivity (Wildman–Crippen MR) is 368 cm³/mol. The van der Waals surface area contributed by atoms with Gasteiger partial charge in [0, 0.05) is 61.9 Å². The molecular formula is C82H42S2. The van der Waals surface area contributed by atoms with Crippen LogP contribution in [0.25, 0.3) is 225 Å². The third-order valence-electron chi connectivity index (χ3n) is 20.7. The summed E-state index contributed by atoms with van der Waals surface area (Å²) in [5, 5.41) is 37.6. The van der Waals surface area contributed by atoms with Crippen molar-refractivity contribution in [2.75, 3.05) is 0 Å². The van der Waals surface area contributed by atoms with Crippen LogP contribution in [0, 0.1) is 13.8 Å². The lowest BCUT2D eigenvalue weighted by atomic mass is 9.82. The monoisotopic (exact) mass is 1090 g/mol. The lowest BCUT2D eigenvalue weighted by Crippen LogP contribution is -1.93. The predicted octanol–water partition coefficient (Wildman–Crippen LogP) is 24.7. The van der Waals surface area contributed by atoms with E-state index in [2.05, 4.69) is 232 Å². The number of thiophene rings is 2. The Morgan fingerprint density at radius 2 is 0.571 bits per heavy atom. The first-order valence-corrected chi connectivity index (χ1v) is 31.1. The van der Waals surface area contributed by atoms with Gasteiger partial charge in [0.2, 0.25) is 0 Å². The van der Waals surface area contributed by atoms with E-state index in [0.29, 0.717) is 0 Å². The van der Waals surface area contributed by atoms with Crippen molar-refractivity contribution in [1.29, 1.82) is 0 Å². The van der Waals surface area contributed by atoms with Crippen LogP contribution in [0.4, 0.5) is 0 Å². The highest BCUT2D eigenvalue weighted by Crippen LogP contribution is 2.61. The van der Waals surface area contributed by atoms with Crippen molar-refractivity contribution in [2.24, 2.45) is 0 Å². The molecule has 84 heavy (non-hydrogen) atoms. The Morgan fingerprint density at radius 3 is 1.04 bits per heavy atom. The molecule has 0 amide bonds. The van der Waals surface area contributed by atoms with Crippen LogP contribution in [0.2, 0.25) is 0 Å². The molecule has 0 radical (unpaired) electrons. The quantitative estimate of drug-likeness (QED) is 0.114. The summed E-state index contributed by atoms with van der Waals surface area (Å²) >= 11 is 4.08. The summed E-state index contributed by atoms with van der Waals surface area (Å²) in [7, 11) is 0. The second kappa shape index (κ2) is 14.8. The summed E-state index contributed by atoms with van der Waals surface area (Å²) in [4.78, 5) is 0. The first-order valence-electron chi connectivity index (χ1n) is 29.5. The van der Waals surface area contributed by atoms with Crippen LogP contribution in [-0.2, 0) is 0 Å². The van der Waals surface area contributed by atoms with Crippen LogP contribution in [0.5, 0.6) is 0 Å². The number of rotatable bonds is 1. The molecule has 20 aromatic rings. The Balaban J connectivity index is 0.933. The first kappa shape index (κ1) is 43.7. The smallest absolute Gasteiger partial charge is 0.0447 e. The third-order valence-corrected chi connectivity index (χ3v) is 23.1. The molecule has 0 saturated carbocycles. The van der Waals surface area contributed by atoms with Crippen molar-refractivity contribution in [2.45, 2.75) is 13.8 Å². The van der Waals surface area contributed by atoms with Gasteiger partial charge in [-0.25, -0.2) is 0 Å². The zero-order valence-electron chi connectivity index (χ0n) is 45.6. The van der Waals surface area contributed by atoms with E-state index >= 15 is 0 Å². The SMILES string of the molecule is Cc1c2ccc3ccccc3c2c2sc3c4c5c(ccc4cc4c(-c6cc7c(C)c8ccc9ccccc9c8c8sc9c%10c%11c(ccc%10cc6c9c78)-c6cc7ccccc7c7cccc-%11c67)cc1c2c43)-c1cc2ccccc2c2cccc-5c12. The molecule has 2 heteroatoms. The summed E-state index contributed by atoms with van der Waals surface area (Å²) in [6.45, 7) is 4.80. The molecule has 2 aliphatic carbocycles. The molecule has 0 aliphatic heterocycles. The molecule has 22 rings (SSSR count). The molecule has 0 saturated heterocycles. The molecular weight excluding hydrogens is 1050 g/mol. The minimum Gasteiger partial charge on any atom is -0.134 e. The van der Waals surface area contributed by atoms with Gasteiger partial charge in [-0.15, -0.1) is 22.7 Å². The van der Waals surface area contributed by atoms with E-state index in [1.54, 1.807) is 0 Å². The third kappa shape index (κ3) is 4.99. The molecule has 0 N–H and O–H groups in total. The van der Waals surface area contributed by atoms with Crippen LogP contribution >= 0.6 is 22.7 Å². The Hall–Kier alpha value is -9.96. The van der Waals surface area contributed by atoms with E-state index in [4.69, 9.17) is 0 Å². The van der Waals surface area contributed by atoms with Gasteiger partial charge in [-0.3, -0.25) is 0 Å². The molecule has 0 spiro atoms. The van der Waals surface area contributed by atoms with E-state index in [9.17, 15) is 0 Å². The highest BCUT2D eigenvalue weighted by molar-refractivity contribution is 7.28. The second-order valence-electron chi connectivity index (χ2n) is 24.4. The van der Waals surface area contributed by atoms with Gasteiger partial charge in [-0.1, -0.05) is 182 Å². The Bertz CT molecular complexity index is 6200. The summed E-state index contributed by atoms with van der Waals surface area (Å²) in [5.74, 6) is 0. The fraction of sp³-hybridized carbons (Fsp3) is 0.0244. The molecule has 382 valence electrons. The summed E-state index contributed by atoms with van der Waals surface area (Å²) in [6.07, 6.45) is 0. The lowest BCUT2D eigenvalue weighted by molar-refractivity contribution is 1.60.